The Hall–Kier alpha value is -1.36. The molecule has 17 heavy (non-hydrogen) atoms. The van der Waals surface area contributed by atoms with Crippen molar-refractivity contribution in [3.8, 4) is 0 Å². The van der Waals surface area contributed by atoms with Gasteiger partial charge in [-0.15, -0.1) is 0 Å². The second-order valence-corrected chi connectivity index (χ2v) is 4.51. The van der Waals surface area contributed by atoms with Gasteiger partial charge in [0.15, 0.2) is 5.82 Å². The molecule has 1 amide bonds. The van der Waals surface area contributed by atoms with Gasteiger partial charge >= 0.3 is 0 Å². The van der Waals surface area contributed by atoms with Crippen molar-refractivity contribution >= 4 is 5.91 Å². The van der Waals surface area contributed by atoms with Gasteiger partial charge in [0.2, 0.25) is 0 Å². The van der Waals surface area contributed by atoms with Gasteiger partial charge in [0.25, 0.3) is 5.91 Å². The first kappa shape index (κ1) is 12.1. The molecule has 1 fully saturated rings. The molecule has 5 nitrogen and oxygen atoms in total. The quantitative estimate of drug-likeness (QED) is 0.834. The van der Waals surface area contributed by atoms with E-state index in [0.29, 0.717) is 11.9 Å². The number of carbonyl (C=O) groups is 1. The average molecular weight is 236 g/mol. The maximum atomic E-state index is 12.4. The Balaban J connectivity index is 2.15. The van der Waals surface area contributed by atoms with Gasteiger partial charge in [-0.2, -0.15) is 0 Å². The third-order valence-corrected chi connectivity index (χ3v) is 3.21. The second-order valence-electron chi connectivity index (χ2n) is 4.51. The summed E-state index contributed by atoms with van der Waals surface area (Å²) < 4.78 is 1.79. The van der Waals surface area contributed by atoms with Crippen LogP contribution in [0.2, 0.25) is 0 Å². The molecule has 0 bridgehead atoms. The number of rotatable bonds is 4. The van der Waals surface area contributed by atoms with Crippen LogP contribution in [0.25, 0.3) is 0 Å². The SMILES string of the molecule is CCCN(C(=O)c1nccn1C)C1CCNC1. The standard InChI is InChI=1S/C12H20N4O/c1-3-7-16(10-4-5-13-9-10)12(17)11-14-6-8-15(11)2/h6,8,10,13H,3-5,7,9H2,1-2H3. The first-order valence-corrected chi connectivity index (χ1v) is 6.23. The van der Waals surface area contributed by atoms with Crippen molar-refractivity contribution in [3.05, 3.63) is 18.2 Å². The average Bonchev–Trinajstić information content (AvgIpc) is 2.95. The van der Waals surface area contributed by atoms with Gasteiger partial charge in [-0.1, -0.05) is 6.92 Å². The lowest BCUT2D eigenvalue weighted by molar-refractivity contribution is 0.0676. The van der Waals surface area contributed by atoms with E-state index in [2.05, 4.69) is 17.2 Å². The Morgan fingerprint density at radius 3 is 3.06 bits per heavy atom. The summed E-state index contributed by atoms with van der Waals surface area (Å²) >= 11 is 0. The number of nitrogens with zero attached hydrogens (tertiary/aromatic N) is 3. The van der Waals surface area contributed by atoms with Crippen LogP contribution in [0, 0.1) is 0 Å². The summed E-state index contributed by atoms with van der Waals surface area (Å²) in [5.74, 6) is 0.582. The van der Waals surface area contributed by atoms with E-state index in [1.54, 1.807) is 10.8 Å². The van der Waals surface area contributed by atoms with Gasteiger partial charge in [-0.3, -0.25) is 4.79 Å². The molecular weight excluding hydrogens is 216 g/mol. The Bertz CT molecular complexity index is 382. The van der Waals surface area contributed by atoms with Crippen LogP contribution >= 0.6 is 0 Å². The highest BCUT2D eigenvalue weighted by Crippen LogP contribution is 2.13. The molecule has 94 valence electrons. The molecule has 1 aliphatic heterocycles. The van der Waals surface area contributed by atoms with Crippen LogP contribution < -0.4 is 5.32 Å². The van der Waals surface area contributed by atoms with Crippen molar-refractivity contribution in [2.75, 3.05) is 19.6 Å². The Morgan fingerprint density at radius 2 is 2.53 bits per heavy atom. The maximum Gasteiger partial charge on any atom is 0.290 e. The lowest BCUT2D eigenvalue weighted by atomic mass is 10.2. The van der Waals surface area contributed by atoms with E-state index in [1.165, 1.54) is 0 Å². The Kier molecular flexibility index (Phi) is 3.78. The number of carbonyl (C=O) groups excluding carboxylic acids is 1. The van der Waals surface area contributed by atoms with E-state index in [-0.39, 0.29) is 5.91 Å². The first-order valence-electron chi connectivity index (χ1n) is 6.23. The first-order chi connectivity index (χ1) is 8.24. The van der Waals surface area contributed by atoms with Crippen LogP contribution in [-0.2, 0) is 7.05 Å². The zero-order chi connectivity index (χ0) is 12.3. The molecule has 5 heteroatoms. The summed E-state index contributed by atoms with van der Waals surface area (Å²) in [5, 5.41) is 3.30. The number of nitrogens with one attached hydrogen (secondary N) is 1. The summed E-state index contributed by atoms with van der Waals surface area (Å²) in [5.41, 5.74) is 0. The predicted molar refractivity (Wildman–Crippen MR) is 65.8 cm³/mol. The van der Waals surface area contributed by atoms with Crippen LogP contribution in [0.1, 0.15) is 30.4 Å². The normalized spacial score (nSPS) is 19.5. The third kappa shape index (κ3) is 2.49. The molecule has 0 saturated carbocycles. The summed E-state index contributed by atoms with van der Waals surface area (Å²) in [7, 11) is 1.86. The minimum Gasteiger partial charge on any atom is -0.332 e. The van der Waals surface area contributed by atoms with Crippen molar-refractivity contribution in [2.24, 2.45) is 7.05 Å². The monoisotopic (exact) mass is 236 g/mol. The molecule has 2 heterocycles. The minimum absolute atomic E-state index is 0.0491. The maximum absolute atomic E-state index is 12.4. The van der Waals surface area contributed by atoms with E-state index in [4.69, 9.17) is 0 Å². The summed E-state index contributed by atoms with van der Waals surface area (Å²) in [6, 6.07) is 0.319. The van der Waals surface area contributed by atoms with Gasteiger partial charge in [-0.25, -0.2) is 4.98 Å². The van der Waals surface area contributed by atoms with Crippen molar-refractivity contribution in [1.29, 1.82) is 0 Å². The summed E-state index contributed by atoms with van der Waals surface area (Å²) in [6.45, 7) is 4.80. The Labute approximate surface area is 102 Å². The number of hydrogen-bond acceptors (Lipinski definition) is 3. The van der Waals surface area contributed by atoms with E-state index < -0.39 is 0 Å². The van der Waals surface area contributed by atoms with Crippen LogP contribution in [0.15, 0.2) is 12.4 Å². The smallest absolute Gasteiger partial charge is 0.290 e. The molecule has 1 atom stereocenters. The molecule has 0 aromatic carbocycles. The predicted octanol–water partition coefficient (Wildman–Crippen LogP) is 0.634. The molecule has 0 aliphatic carbocycles. The zero-order valence-corrected chi connectivity index (χ0v) is 10.5. The van der Waals surface area contributed by atoms with E-state index in [9.17, 15) is 4.79 Å². The number of aryl methyl sites for hydroxylation is 1. The van der Waals surface area contributed by atoms with Gasteiger partial charge < -0.3 is 14.8 Å². The molecule has 1 unspecified atom stereocenters. The largest absolute Gasteiger partial charge is 0.332 e. The zero-order valence-electron chi connectivity index (χ0n) is 10.5. The lowest BCUT2D eigenvalue weighted by Gasteiger charge is -2.27. The van der Waals surface area contributed by atoms with Crippen LogP contribution in [-0.4, -0.2) is 46.0 Å². The van der Waals surface area contributed by atoms with Crippen molar-refractivity contribution in [1.82, 2.24) is 19.8 Å². The van der Waals surface area contributed by atoms with Crippen LogP contribution in [0.5, 0.6) is 0 Å². The fourth-order valence-electron chi connectivity index (χ4n) is 2.30. The van der Waals surface area contributed by atoms with Crippen molar-refractivity contribution in [2.45, 2.75) is 25.8 Å². The molecule has 0 spiro atoms. The summed E-state index contributed by atoms with van der Waals surface area (Å²) in [6.07, 6.45) is 5.50. The summed E-state index contributed by atoms with van der Waals surface area (Å²) in [4.78, 5) is 18.5. The van der Waals surface area contributed by atoms with E-state index >= 15 is 0 Å². The fourth-order valence-corrected chi connectivity index (χ4v) is 2.30. The number of imidazole rings is 1. The highest BCUT2D eigenvalue weighted by atomic mass is 16.2. The molecule has 1 aromatic rings. The topological polar surface area (TPSA) is 50.2 Å². The van der Waals surface area contributed by atoms with Crippen molar-refractivity contribution < 1.29 is 4.79 Å². The molecule has 1 aromatic heterocycles. The highest BCUT2D eigenvalue weighted by molar-refractivity contribution is 5.91. The van der Waals surface area contributed by atoms with Gasteiger partial charge in [0.1, 0.15) is 0 Å². The van der Waals surface area contributed by atoms with Gasteiger partial charge in [-0.05, 0) is 19.4 Å². The van der Waals surface area contributed by atoms with Crippen molar-refractivity contribution in [3.63, 3.8) is 0 Å². The lowest BCUT2D eigenvalue weighted by Crippen LogP contribution is -2.43. The van der Waals surface area contributed by atoms with E-state index in [1.807, 2.05) is 18.1 Å². The molecule has 1 N–H and O–H groups in total. The molecule has 0 radical (unpaired) electrons. The van der Waals surface area contributed by atoms with Crippen LogP contribution in [0.3, 0.4) is 0 Å². The molecular formula is C12H20N4O. The molecule has 2 rings (SSSR count). The van der Waals surface area contributed by atoms with Gasteiger partial charge in [0.05, 0.1) is 0 Å². The second kappa shape index (κ2) is 5.31. The number of amides is 1. The van der Waals surface area contributed by atoms with E-state index in [0.717, 1.165) is 32.5 Å². The third-order valence-electron chi connectivity index (χ3n) is 3.21. The molecule has 1 saturated heterocycles. The molecule has 1 aliphatic rings. The number of hydrogen-bond donors (Lipinski definition) is 1. The Morgan fingerprint density at radius 1 is 1.71 bits per heavy atom. The number of aromatic nitrogens is 2. The fraction of sp³-hybridized carbons (Fsp3) is 0.667. The van der Waals surface area contributed by atoms with Crippen LogP contribution in [0.4, 0.5) is 0 Å². The highest BCUT2D eigenvalue weighted by Gasteiger charge is 2.28. The van der Waals surface area contributed by atoms with Gasteiger partial charge in [0, 0.05) is 38.6 Å². The minimum atomic E-state index is 0.0491.